The van der Waals surface area contributed by atoms with E-state index >= 15 is 0 Å². The molecule has 29 heavy (non-hydrogen) atoms. The van der Waals surface area contributed by atoms with E-state index < -0.39 is 28.4 Å². The second kappa shape index (κ2) is 8.12. The number of nitrogens with one attached hydrogen (secondary N) is 1. The van der Waals surface area contributed by atoms with Crippen LogP contribution in [0.2, 0.25) is 0 Å². The highest BCUT2D eigenvalue weighted by molar-refractivity contribution is 9.10. The van der Waals surface area contributed by atoms with Crippen LogP contribution in [0.15, 0.2) is 52.5 Å². The van der Waals surface area contributed by atoms with Crippen molar-refractivity contribution in [1.82, 2.24) is 9.62 Å². The van der Waals surface area contributed by atoms with Gasteiger partial charge in [-0.3, -0.25) is 9.59 Å². The smallest absolute Gasteiger partial charge is 0.268 e. The van der Waals surface area contributed by atoms with E-state index in [0.29, 0.717) is 9.87 Å². The summed E-state index contributed by atoms with van der Waals surface area (Å²) < 4.78 is 27.6. The molecule has 0 atom stereocenters. The third-order valence-electron chi connectivity index (χ3n) is 4.87. The van der Waals surface area contributed by atoms with Crippen LogP contribution in [-0.2, 0) is 26.2 Å². The predicted octanol–water partition coefficient (Wildman–Crippen LogP) is 3.29. The summed E-state index contributed by atoms with van der Waals surface area (Å²) in [5.41, 5.74) is 3.38. The molecular weight excluding hydrogens is 456 g/mol. The average Bonchev–Trinajstić information content (AvgIpc) is 2.82. The van der Waals surface area contributed by atoms with Gasteiger partial charge in [-0.1, -0.05) is 46.3 Å². The molecule has 0 spiro atoms. The van der Waals surface area contributed by atoms with Crippen LogP contribution in [0.1, 0.15) is 29.2 Å². The second-order valence-corrected chi connectivity index (χ2v) is 9.69. The summed E-state index contributed by atoms with van der Waals surface area (Å²) in [6, 6.07) is 12.6. The molecule has 152 valence electrons. The van der Waals surface area contributed by atoms with Gasteiger partial charge in [-0.15, -0.1) is 0 Å². The van der Waals surface area contributed by atoms with Gasteiger partial charge in [0.15, 0.2) is 0 Å². The Balaban J connectivity index is 1.78. The number of amides is 2. The van der Waals surface area contributed by atoms with Crippen LogP contribution < -0.4 is 5.32 Å². The van der Waals surface area contributed by atoms with Crippen LogP contribution in [0.3, 0.4) is 0 Å². The first-order valence-electron chi connectivity index (χ1n) is 8.98. The molecule has 3 rings (SSSR count). The lowest BCUT2D eigenvalue weighted by atomic mass is 10.0. The summed E-state index contributed by atoms with van der Waals surface area (Å²) in [5.74, 6) is -1.22. The molecule has 0 bridgehead atoms. The van der Waals surface area contributed by atoms with Crippen molar-refractivity contribution < 1.29 is 18.0 Å². The van der Waals surface area contributed by atoms with Crippen molar-refractivity contribution in [3.8, 4) is 0 Å². The van der Waals surface area contributed by atoms with Gasteiger partial charge in [-0.05, 0) is 55.2 Å². The highest BCUT2D eigenvalue weighted by atomic mass is 79.9. The van der Waals surface area contributed by atoms with E-state index in [0.717, 1.165) is 21.2 Å². The monoisotopic (exact) mass is 476 g/mol. The van der Waals surface area contributed by atoms with E-state index in [-0.39, 0.29) is 17.0 Å². The summed E-state index contributed by atoms with van der Waals surface area (Å²) in [6.45, 7) is 4.96. The highest BCUT2D eigenvalue weighted by Crippen LogP contribution is 2.35. The fourth-order valence-corrected chi connectivity index (χ4v) is 5.34. The van der Waals surface area contributed by atoms with Crippen LogP contribution in [0.5, 0.6) is 0 Å². The van der Waals surface area contributed by atoms with Gasteiger partial charge in [0.25, 0.3) is 15.9 Å². The molecular formula is C21H21BrN2O4S. The molecule has 0 saturated heterocycles. The molecule has 0 saturated carbocycles. The van der Waals surface area contributed by atoms with Crippen molar-refractivity contribution >= 4 is 42.7 Å². The molecule has 2 aromatic rings. The van der Waals surface area contributed by atoms with Crippen molar-refractivity contribution in [2.45, 2.75) is 27.3 Å². The zero-order valence-electron chi connectivity index (χ0n) is 16.3. The van der Waals surface area contributed by atoms with Crippen molar-refractivity contribution in [2.24, 2.45) is 0 Å². The van der Waals surface area contributed by atoms with Gasteiger partial charge in [-0.25, -0.2) is 12.7 Å². The maximum absolute atomic E-state index is 13.0. The minimum absolute atomic E-state index is 0.0367. The number of halogens is 1. The molecule has 1 aliphatic rings. The molecule has 0 aliphatic carbocycles. The number of sulfonamides is 1. The number of rotatable bonds is 5. The molecule has 0 radical (unpaired) electrons. The molecule has 1 aliphatic heterocycles. The number of hydrogen-bond acceptors (Lipinski definition) is 4. The Hall–Kier alpha value is -2.45. The Bertz CT molecular complexity index is 1140. The summed E-state index contributed by atoms with van der Waals surface area (Å²) in [7, 11) is -4.10. The third kappa shape index (κ3) is 4.28. The van der Waals surface area contributed by atoms with Gasteiger partial charge in [0, 0.05) is 16.6 Å². The molecule has 0 unspecified atom stereocenters. The highest BCUT2D eigenvalue weighted by Gasteiger charge is 2.43. The van der Waals surface area contributed by atoms with E-state index in [1.54, 1.807) is 12.1 Å². The van der Waals surface area contributed by atoms with Gasteiger partial charge in [0.05, 0.1) is 0 Å². The number of nitrogens with zero attached hydrogens (tertiary/aromatic N) is 1. The van der Waals surface area contributed by atoms with Gasteiger partial charge < -0.3 is 5.32 Å². The van der Waals surface area contributed by atoms with Crippen molar-refractivity contribution in [3.63, 3.8) is 0 Å². The van der Waals surface area contributed by atoms with E-state index in [9.17, 15) is 18.0 Å². The number of benzene rings is 2. The Morgan fingerprint density at radius 3 is 2.45 bits per heavy atom. The zero-order chi connectivity index (χ0) is 21.3. The maximum atomic E-state index is 13.0. The Labute approximate surface area is 178 Å². The molecule has 2 amide bonds. The first-order chi connectivity index (χ1) is 13.6. The summed E-state index contributed by atoms with van der Waals surface area (Å²) >= 11 is 3.36. The van der Waals surface area contributed by atoms with Crippen molar-refractivity contribution in [3.05, 3.63) is 74.8 Å². The molecule has 0 fully saturated rings. The Morgan fingerprint density at radius 2 is 1.79 bits per heavy atom. The zero-order valence-corrected chi connectivity index (χ0v) is 18.7. The lowest BCUT2D eigenvalue weighted by Gasteiger charge is -2.17. The van der Waals surface area contributed by atoms with E-state index in [1.165, 1.54) is 6.92 Å². The first-order valence-corrected chi connectivity index (χ1v) is 11.2. The molecule has 0 aromatic heterocycles. The van der Waals surface area contributed by atoms with Crippen molar-refractivity contribution in [2.75, 3.05) is 6.54 Å². The van der Waals surface area contributed by atoms with Gasteiger partial charge in [0.2, 0.25) is 5.91 Å². The van der Waals surface area contributed by atoms with Gasteiger partial charge in [-0.2, -0.15) is 0 Å². The van der Waals surface area contributed by atoms with Crippen LogP contribution in [0, 0.1) is 13.8 Å². The minimum Gasteiger partial charge on any atom is -0.350 e. The fourth-order valence-electron chi connectivity index (χ4n) is 3.14. The average molecular weight is 477 g/mol. The topological polar surface area (TPSA) is 83.6 Å². The molecule has 6 nitrogen and oxygen atoms in total. The standard InChI is InChI=1S/C21H21BrN2O4S/c1-13-7-8-17(9-14(13)2)20-15(3)21(26)24(29(20,27)28)12-19(25)23-11-16-5-4-6-18(22)10-16/h4-10H,11-12H2,1-3H3,(H,23,25). The van der Waals surface area contributed by atoms with E-state index in [4.69, 9.17) is 0 Å². The molecule has 1 N–H and O–H groups in total. The second-order valence-electron chi connectivity index (χ2n) is 6.98. The van der Waals surface area contributed by atoms with Crippen LogP contribution in [0.25, 0.3) is 4.91 Å². The largest absolute Gasteiger partial charge is 0.350 e. The van der Waals surface area contributed by atoms with Gasteiger partial charge >= 0.3 is 0 Å². The minimum atomic E-state index is -4.10. The van der Waals surface area contributed by atoms with Gasteiger partial charge in [0.1, 0.15) is 11.4 Å². The maximum Gasteiger partial charge on any atom is 0.268 e. The summed E-state index contributed by atoms with van der Waals surface area (Å²) in [5, 5.41) is 2.66. The van der Waals surface area contributed by atoms with Crippen LogP contribution in [0.4, 0.5) is 0 Å². The number of carbonyl (C=O) groups excluding carboxylic acids is 2. The van der Waals surface area contributed by atoms with E-state index in [2.05, 4.69) is 21.2 Å². The lowest BCUT2D eigenvalue weighted by molar-refractivity contribution is -0.128. The quantitative estimate of drug-likeness (QED) is 0.717. The molecule has 8 heteroatoms. The molecule has 2 aromatic carbocycles. The van der Waals surface area contributed by atoms with Crippen LogP contribution in [-0.4, -0.2) is 31.1 Å². The number of carbonyl (C=O) groups is 2. The molecule has 1 heterocycles. The number of hydrogen-bond donors (Lipinski definition) is 1. The normalized spacial score (nSPS) is 15.7. The first kappa shape index (κ1) is 21.3. The predicted molar refractivity (Wildman–Crippen MR) is 115 cm³/mol. The van der Waals surface area contributed by atoms with E-state index in [1.807, 2.05) is 44.2 Å². The van der Waals surface area contributed by atoms with Crippen molar-refractivity contribution in [1.29, 1.82) is 0 Å². The SMILES string of the molecule is CC1=C(c2ccc(C)c(C)c2)S(=O)(=O)N(CC(=O)NCc2cccc(Br)c2)C1=O. The lowest BCUT2D eigenvalue weighted by Crippen LogP contribution is -2.40. The van der Waals surface area contributed by atoms with Crippen LogP contribution >= 0.6 is 15.9 Å². The summed E-state index contributed by atoms with van der Waals surface area (Å²) in [6.07, 6.45) is 0. The Morgan fingerprint density at radius 1 is 1.07 bits per heavy atom. The number of aryl methyl sites for hydroxylation is 2. The fraction of sp³-hybridized carbons (Fsp3) is 0.238. The Kier molecular flexibility index (Phi) is 5.95. The summed E-state index contributed by atoms with van der Waals surface area (Å²) in [4.78, 5) is 24.9. The third-order valence-corrected chi connectivity index (χ3v) is 7.30.